The second-order valence-electron chi connectivity index (χ2n) is 7.95. The molecule has 10 heteroatoms. The van der Waals surface area contributed by atoms with Crippen LogP contribution in [-0.4, -0.2) is 38.5 Å². The molecule has 35 heavy (non-hydrogen) atoms. The number of aromatic amines is 1. The summed E-state index contributed by atoms with van der Waals surface area (Å²) < 4.78 is 5.80. The van der Waals surface area contributed by atoms with Gasteiger partial charge in [-0.15, -0.1) is 0 Å². The summed E-state index contributed by atoms with van der Waals surface area (Å²) in [5.74, 6) is -0.546. The Morgan fingerprint density at radius 1 is 1.17 bits per heavy atom. The molecule has 176 valence electrons. The molecule has 5 rings (SSSR count). The molecule has 1 saturated heterocycles. The van der Waals surface area contributed by atoms with Crippen LogP contribution in [0.15, 0.2) is 74.2 Å². The molecule has 2 aromatic heterocycles. The first kappa shape index (κ1) is 23.0. The van der Waals surface area contributed by atoms with Gasteiger partial charge in [-0.25, -0.2) is 4.98 Å². The minimum absolute atomic E-state index is 0.198. The molecule has 0 unspecified atom stereocenters. The molecule has 0 radical (unpaired) electrons. The second kappa shape index (κ2) is 9.47. The van der Waals surface area contributed by atoms with Crippen molar-refractivity contribution in [2.24, 2.45) is 0 Å². The molecule has 3 amide bonds. The van der Waals surface area contributed by atoms with Crippen LogP contribution in [0.1, 0.15) is 16.9 Å². The predicted molar refractivity (Wildman–Crippen MR) is 136 cm³/mol. The van der Waals surface area contributed by atoms with Crippen molar-refractivity contribution in [3.05, 3.63) is 76.4 Å². The monoisotopic (exact) mass is 504 g/mol. The number of carbonyl (C=O) groups excluding carboxylic acids is 3. The van der Waals surface area contributed by atoms with Crippen LogP contribution in [0.4, 0.5) is 10.5 Å². The number of hydrogen-bond acceptors (Lipinski definition) is 7. The van der Waals surface area contributed by atoms with Crippen LogP contribution in [0.3, 0.4) is 0 Å². The van der Waals surface area contributed by atoms with Gasteiger partial charge in [0.25, 0.3) is 11.1 Å². The second-order valence-corrected chi connectivity index (χ2v) is 9.94. The van der Waals surface area contributed by atoms with Gasteiger partial charge in [-0.05, 0) is 73.3 Å². The van der Waals surface area contributed by atoms with Crippen molar-refractivity contribution in [1.82, 2.24) is 14.9 Å². The van der Waals surface area contributed by atoms with E-state index >= 15 is 0 Å². The number of nitrogens with zero attached hydrogens (tertiary/aromatic N) is 2. The molecule has 1 aliphatic heterocycles. The molecular weight excluding hydrogens is 484 g/mol. The number of rotatable bonds is 6. The van der Waals surface area contributed by atoms with E-state index in [1.165, 1.54) is 17.8 Å². The van der Waals surface area contributed by atoms with Crippen molar-refractivity contribution < 1.29 is 18.8 Å². The fourth-order valence-corrected chi connectivity index (χ4v) is 5.18. The molecule has 1 aliphatic rings. The highest BCUT2D eigenvalue weighted by atomic mass is 32.2. The van der Waals surface area contributed by atoms with Gasteiger partial charge in [0.05, 0.1) is 15.9 Å². The highest BCUT2D eigenvalue weighted by Gasteiger charge is 2.36. The Morgan fingerprint density at radius 3 is 2.80 bits per heavy atom. The number of aryl methyl sites for hydroxylation is 2. The number of amides is 3. The van der Waals surface area contributed by atoms with Gasteiger partial charge in [0.1, 0.15) is 12.3 Å². The summed E-state index contributed by atoms with van der Waals surface area (Å²) in [6, 6.07) is 16.8. The molecule has 2 aromatic carbocycles. The van der Waals surface area contributed by atoms with E-state index < -0.39 is 17.1 Å². The smallest absolute Gasteiger partial charge is 0.294 e. The standard InChI is InChI=1S/C25H20N4O4S2/c1-14-7-9-17(15(2)11-14)26-21(30)13-29-23(31)20(34-25(29)32)12-16-8-10-22(33-16)35-24-27-18-5-3-4-6-19(18)28-24/h3-12H,13H2,1-2H3,(H,26,30)(H,27,28)/b20-12-. The third kappa shape index (κ3) is 5.03. The zero-order valence-corrected chi connectivity index (χ0v) is 20.5. The number of anilines is 1. The van der Waals surface area contributed by atoms with Gasteiger partial charge in [0.2, 0.25) is 5.91 Å². The number of imidazole rings is 1. The van der Waals surface area contributed by atoms with Crippen molar-refractivity contribution in [2.75, 3.05) is 11.9 Å². The third-order valence-electron chi connectivity index (χ3n) is 5.27. The summed E-state index contributed by atoms with van der Waals surface area (Å²) in [7, 11) is 0. The summed E-state index contributed by atoms with van der Waals surface area (Å²) >= 11 is 2.10. The molecule has 0 aliphatic carbocycles. The normalized spacial score (nSPS) is 14.9. The van der Waals surface area contributed by atoms with Gasteiger partial charge < -0.3 is 14.7 Å². The van der Waals surface area contributed by atoms with Crippen LogP contribution in [0.25, 0.3) is 17.1 Å². The van der Waals surface area contributed by atoms with Gasteiger partial charge in [-0.1, -0.05) is 29.8 Å². The fourth-order valence-electron chi connectivity index (χ4n) is 3.59. The Kier molecular flexibility index (Phi) is 6.23. The molecule has 3 heterocycles. The van der Waals surface area contributed by atoms with E-state index in [0.717, 1.165) is 38.8 Å². The first-order valence-corrected chi connectivity index (χ1v) is 12.3. The average molecular weight is 505 g/mol. The van der Waals surface area contributed by atoms with E-state index in [1.54, 1.807) is 18.2 Å². The molecular formula is C25H20N4O4S2. The zero-order chi connectivity index (χ0) is 24.5. The Morgan fingerprint density at radius 2 is 2.00 bits per heavy atom. The summed E-state index contributed by atoms with van der Waals surface area (Å²) in [6.07, 6.45) is 1.51. The van der Waals surface area contributed by atoms with Gasteiger partial charge >= 0.3 is 0 Å². The van der Waals surface area contributed by atoms with Crippen LogP contribution in [0.2, 0.25) is 0 Å². The lowest BCUT2D eigenvalue weighted by Crippen LogP contribution is -2.36. The maximum atomic E-state index is 12.8. The topological polar surface area (TPSA) is 108 Å². The molecule has 1 fully saturated rings. The van der Waals surface area contributed by atoms with Crippen molar-refractivity contribution >= 4 is 63.4 Å². The average Bonchev–Trinajstić information content (AvgIpc) is 3.50. The highest BCUT2D eigenvalue weighted by Crippen LogP contribution is 2.34. The fraction of sp³-hybridized carbons (Fsp3) is 0.120. The minimum Gasteiger partial charge on any atom is -0.450 e. The Hall–Kier alpha value is -3.76. The van der Waals surface area contributed by atoms with E-state index in [1.807, 2.05) is 50.2 Å². The number of hydrogen-bond donors (Lipinski definition) is 2. The van der Waals surface area contributed by atoms with Crippen LogP contribution in [0.5, 0.6) is 0 Å². The Balaban J connectivity index is 1.24. The van der Waals surface area contributed by atoms with Crippen LogP contribution in [0, 0.1) is 13.8 Å². The number of para-hydroxylation sites is 2. The molecule has 2 N–H and O–H groups in total. The minimum atomic E-state index is -0.529. The largest absolute Gasteiger partial charge is 0.450 e. The van der Waals surface area contributed by atoms with Gasteiger partial charge in [-0.3, -0.25) is 19.3 Å². The van der Waals surface area contributed by atoms with Crippen molar-refractivity contribution in [3.63, 3.8) is 0 Å². The number of nitrogens with one attached hydrogen (secondary N) is 2. The number of fused-ring (bicyclic) bond motifs is 1. The lowest BCUT2D eigenvalue weighted by atomic mass is 10.1. The van der Waals surface area contributed by atoms with E-state index in [-0.39, 0.29) is 11.4 Å². The van der Waals surface area contributed by atoms with Gasteiger partial charge in [0.15, 0.2) is 10.2 Å². The zero-order valence-electron chi connectivity index (χ0n) is 18.8. The number of imide groups is 1. The molecule has 0 saturated carbocycles. The summed E-state index contributed by atoms with van der Waals surface area (Å²) in [5.41, 5.74) is 4.41. The van der Waals surface area contributed by atoms with Crippen LogP contribution < -0.4 is 5.32 Å². The van der Waals surface area contributed by atoms with Crippen molar-refractivity contribution in [1.29, 1.82) is 0 Å². The van der Waals surface area contributed by atoms with E-state index in [4.69, 9.17) is 4.42 Å². The van der Waals surface area contributed by atoms with Crippen molar-refractivity contribution in [3.8, 4) is 0 Å². The number of furan rings is 1. The summed E-state index contributed by atoms with van der Waals surface area (Å²) in [4.78, 5) is 46.5. The molecule has 0 spiro atoms. The van der Waals surface area contributed by atoms with Gasteiger partial charge in [-0.2, -0.15) is 0 Å². The number of benzene rings is 2. The molecule has 8 nitrogen and oxygen atoms in total. The molecule has 0 atom stereocenters. The number of thioether (sulfide) groups is 1. The first-order chi connectivity index (χ1) is 16.9. The SMILES string of the molecule is Cc1ccc(NC(=O)CN2C(=O)S/C(=C\c3ccc(Sc4nc5ccccc5[nH]4)o3)C2=O)c(C)c1. The quantitative estimate of drug-likeness (QED) is 0.329. The van der Waals surface area contributed by atoms with Crippen molar-refractivity contribution in [2.45, 2.75) is 24.1 Å². The van der Waals surface area contributed by atoms with Gasteiger partial charge in [0, 0.05) is 11.8 Å². The number of H-pyrrole nitrogens is 1. The lowest BCUT2D eigenvalue weighted by molar-refractivity contribution is -0.127. The Bertz CT molecular complexity index is 1470. The van der Waals surface area contributed by atoms with E-state index in [2.05, 4.69) is 15.3 Å². The molecule has 4 aromatic rings. The number of carbonyl (C=O) groups is 3. The first-order valence-electron chi connectivity index (χ1n) is 10.7. The number of aromatic nitrogens is 2. The maximum Gasteiger partial charge on any atom is 0.294 e. The maximum absolute atomic E-state index is 12.8. The third-order valence-corrected chi connectivity index (χ3v) is 6.99. The Labute approximate surface area is 209 Å². The van der Waals surface area contributed by atoms with Crippen LogP contribution in [-0.2, 0) is 9.59 Å². The highest BCUT2D eigenvalue weighted by molar-refractivity contribution is 8.18. The lowest BCUT2D eigenvalue weighted by Gasteiger charge is -2.13. The van der Waals surface area contributed by atoms with E-state index in [0.29, 0.717) is 21.7 Å². The summed E-state index contributed by atoms with van der Waals surface area (Å²) in [5, 5.41) is 3.53. The molecule has 0 bridgehead atoms. The van der Waals surface area contributed by atoms with E-state index in [9.17, 15) is 14.4 Å². The van der Waals surface area contributed by atoms with Crippen LogP contribution >= 0.6 is 23.5 Å². The predicted octanol–water partition coefficient (Wildman–Crippen LogP) is 5.60. The summed E-state index contributed by atoms with van der Waals surface area (Å²) in [6.45, 7) is 3.49.